The van der Waals surface area contributed by atoms with Gasteiger partial charge in [-0.05, 0) is 49.4 Å². The number of carboxylic acids is 1. The van der Waals surface area contributed by atoms with Crippen LogP contribution in [0.3, 0.4) is 0 Å². The highest BCUT2D eigenvalue weighted by atomic mass is 35.5. The first-order valence-corrected chi connectivity index (χ1v) is 9.10. The summed E-state index contributed by atoms with van der Waals surface area (Å²) in [5.41, 5.74) is 4.14. The maximum absolute atomic E-state index is 11.6. The van der Waals surface area contributed by atoms with Crippen LogP contribution in [0.15, 0.2) is 42.5 Å². The van der Waals surface area contributed by atoms with Crippen LogP contribution in [0, 0.1) is 6.92 Å². The third-order valence-corrected chi connectivity index (χ3v) is 5.23. The Morgan fingerprint density at radius 3 is 2.42 bits per heavy atom. The number of aromatic carboxylic acids is 1. The second-order valence-electron chi connectivity index (χ2n) is 6.53. The Morgan fingerprint density at radius 1 is 1.15 bits per heavy atom. The summed E-state index contributed by atoms with van der Waals surface area (Å²) in [6, 6.07) is 13.3. The average Bonchev–Trinajstić information content (AvgIpc) is 3.39. The number of aromatic nitrogens is 2. The smallest absolute Gasteiger partial charge is 0.356 e. The normalized spacial score (nSPS) is 13.8. The molecule has 0 atom stereocenters. The van der Waals surface area contributed by atoms with Gasteiger partial charge in [0.05, 0.1) is 16.4 Å². The van der Waals surface area contributed by atoms with E-state index in [9.17, 15) is 9.90 Å². The summed E-state index contributed by atoms with van der Waals surface area (Å²) in [6.07, 6.45) is 2.47. The van der Waals surface area contributed by atoms with Crippen molar-refractivity contribution >= 4 is 29.2 Å². The Hall–Kier alpha value is -2.30. The summed E-state index contributed by atoms with van der Waals surface area (Å²) in [6.45, 7) is 1.76. The van der Waals surface area contributed by atoms with E-state index in [1.165, 1.54) is 18.4 Å². The van der Waals surface area contributed by atoms with Crippen LogP contribution in [0.1, 0.15) is 40.4 Å². The van der Waals surface area contributed by atoms with E-state index in [0.717, 1.165) is 5.56 Å². The summed E-state index contributed by atoms with van der Waals surface area (Å²) in [5.74, 6) is -0.405. The summed E-state index contributed by atoms with van der Waals surface area (Å²) >= 11 is 12.3. The van der Waals surface area contributed by atoms with E-state index in [-0.39, 0.29) is 5.69 Å². The van der Waals surface area contributed by atoms with Gasteiger partial charge < -0.3 is 5.11 Å². The molecule has 1 saturated carbocycles. The molecule has 6 heteroatoms. The van der Waals surface area contributed by atoms with Gasteiger partial charge in [0.15, 0.2) is 5.69 Å². The fourth-order valence-electron chi connectivity index (χ4n) is 3.20. The molecule has 1 heterocycles. The number of hydrogen-bond acceptors (Lipinski definition) is 2. The van der Waals surface area contributed by atoms with Gasteiger partial charge in [-0.2, -0.15) is 5.10 Å². The van der Waals surface area contributed by atoms with Crippen molar-refractivity contribution in [3.63, 3.8) is 0 Å². The molecule has 132 valence electrons. The molecule has 4 nitrogen and oxygen atoms in total. The first kappa shape index (κ1) is 17.1. The topological polar surface area (TPSA) is 55.1 Å². The van der Waals surface area contributed by atoms with E-state index in [0.29, 0.717) is 32.9 Å². The summed E-state index contributed by atoms with van der Waals surface area (Å²) in [5, 5.41) is 14.7. The van der Waals surface area contributed by atoms with E-state index >= 15 is 0 Å². The van der Waals surface area contributed by atoms with Crippen LogP contribution in [0.25, 0.3) is 16.9 Å². The SMILES string of the molecule is Cc1c(C(=O)O)nn(-c2ccc(Cl)cc2Cl)c1-c1ccc(C2CC2)cc1. The summed E-state index contributed by atoms with van der Waals surface area (Å²) in [7, 11) is 0. The van der Waals surface area contributed by atoms with Crippen molar-refractivity contribution in [3.05, 3.63) is 69.3 Å². The second-order valence-corrected chi connectivity index (χ2v) is 7.37. The molecule has 0 bridgehead atoms. The second kappa shape index (κ2) is 6.45. The van der Waals surface area contributed by atoms with Gasteiger partial charge in [-0.1, -0.05) is 47.5 Å². The average molecular weight is 387 g/mol. The molecule has 0 aliphatic heterocycles. The molecule has 1 aromatic heterocycles. The van der Waals surface area contributed by atoms with Gasteiger partial charge in [-0.15, -0.1) is 0 Å². The zero-order valence-electron chi connectivity index (χ0n) is 14.0. The summed E-state index contributed by atoms with van der Waals surface area (Å²) < 4.78 is 1.59. The van der Waals surface area contributed by atoms with Gasteiger partial charge in [0.2, 0.25) is 0 Å². The molecular weight excluding hydrogens is 371 g/mol. The minimum Gasteiger partial charge on any atom is -0.476 e. The van der Waals surface area contributed by atoms with Crippen molar-refractivity contribution in [2.75, 3.05) is 0 Å². The number of rotatable bonds is 4. The maximum atomic E-state index is 11.6. The molecule has 3 aromatic rings. The van der Waals surface area contributed by atoms with Crippen LogP contribution in [0.2, 0.25) is 10.0 Å². The molecule has 26 heavy (non-hydrogen) atoms. The molecule has 0 radical (unpaired) electrons. The molecule has 1 aliphatic carbocycles. The largest absolute Gasteiger partial charge is 0.476 e. The van der Waals surface area contributed by atoms with Crippen molar-refractivity contribution in [1.82, 2.24) is 9.78 Å². The zero-order chi connectivity index (χ0) is 18.4. The number of nitrogens with zero attached hydrogens (tertiary/aromatic N) is 2. The van der Waals surface area contributed by atoms with Crippen molar-refractivity contribution < 1.29 is 9.90 Å². The standard InChI is InChI=1S/C20H16Cl2N2O2/c1-11-18(20(25)26)23-24(17-9-8-15(21)10-16(17)22)19(11)14-6-4-13(5-7-14)12-2-3-12/h4-10,12H,2-3H2,1H3,(H,25,26). The Balaban J connectivity index is 1.90. The number of benzene rings is 2. The number of hydrogen-bond donors (Lipinski definition) is 1. The fourth-order valence-corrected chi connectivity index (χ4v) is 3.68. The molecule has 0 unspecified atom stereocenters. The highest BCUT2D eigenvalue weighted by Crippen LogP contribution is 2.41. The van der Waals surface area contributed by atoms with E-state index in [2.05, 4.69) is 17.2 Å². The van der Waals surface area contributed by atoms with Crippen LogP contribution in [-0.4, -0.2) is 20.9 Å². The Bertz CT molecular complexity index is 1010. The van der Waals surface area contributed by atoms with Gasteiger partial charge in [0.1, 0.15) is 0 Å². The predicted molar refractivity (Wildman–Crippen MR) is 103 cm³/mol. The molecule has 2 aromatic carbocycles. The molecule has 0 amide bonds. The fraction of sp³-hybridized carbons (Fsp3) is 0.200. The van der Waals surface area contributed by atoms with Gasteiger partial charge >= 0.3 is 5.97 Å². The van der Waals surface area contributed by atoms with Gasteiger partial charge in [0, 0.05) is 16.1 Å². The maximum Gasteiger partial charge on any atom is 0.356 e. The molecule has 1 aliphatic rings. The van der Waals surface area contributed by atoms with Crippen LogP contribution >= 0.6 is 23.2 Å². The highest BCUT2D eigenvalue weighted by molar-refractivity contribution is 6.35. The minimum atomic E-state index is -1.07. The van der Waals surface area contributed by atoms with Gasteiger partial charge in [-0.25, -0.2) is 9.48 Å². The lowest BCUT2D eigenvalue weighted by Gasteiger charge is -2.11. The number of carboxylic acid groups (broad SMARTS) is 1. The molecule has 1 fully saturated rings. The Labute approximate surface area is 161 Å². The van der Waals surface area contributed by atoms with Crippen molar-refractivity contribution in [3.8, 4) is 16.9 Å². The third-order valence-electron chi connectivity index (χ3n) is 4.70. The van der Waals surface area contributed by atoms with E-state index in [1.54, 1.807) is 29.8 Å². The first-order chi connectivity index (χ1) is 12.5. The van der Waals surface area contributed by atoms with Gasteiger partial charge in [-0.3, -0.25) is 0 Å². The Morgan fingerprint density at radius 2 is 1.85 bits per heavy atom. The zero-order valence-corrected chi connectivity index (χ0v) is 15.6. The van der Waals surface area contributed by atoms with Crippen molar-refractivity contribution in [2.45, 2.75) is 25.7 Å². The van der Waals surface area contributed by atoms with Crippen LogP contribution in [0.5, 0.6) is 0 Å². The van der Waals surface area contributed by atoms with Crippen LogP contribution in [0.4, 0.5) is 0 Å². The van der Waals surface area contributed by atoms with E-state index in [4.69, 9.17) is 23.2 Å². The number of halogens is 2. The lowest BCUT2D eigenvalue weighted by molar-refractivity contribution is 0.0689. The molecular formula is C20H16Cl2N2O2. The van der Waals surface area contributed by atoms with Crippen LogP contribution < -0.4 is 0 Å². The quantitative estimate of drug-likeness (QED) is 0.622. The number of carbonyl (C=O) groups is 1. The lowest BCUT2D eigenvalue weighted by Crippen LogP contribution is -2.03. The summed E-state index contributed by atoms with van der Waals surface area (Å²) in [4.78, 5) is 11.6. The first-order valence-electron chi connectivity index (χ1n) is 8.34. The van der Waals surface area contributed by atoms with Crippen molar-refractivity contribution in [2.24, 2.45) is 0 Å². The molecule has 0 spiro atoms. The highest BCUT2D eigenvalue weighted by Gasteiger charge is 2.25. The minimum absolute atomic E-state index is 0.0114. The van der Waals surface area contributed by atoms with E-state index < -0.39 is 5.97 Å². The molecule has 1 N–H and O–H groups in total. The van der Waals surface area contributed by atoms with Crippen LogP contribution in [-0.2, 0) is 0 Å². The lowest BCUT2D eigenvalue weighted by atomic mass is 10.0. The monoisotopic (exact) mass is 386 g/mol. The van der Waals surface area contributed by atoms with Gasteiger partial charge in [0.25, 0.3) is 0 Å². The molecule has 0 saturated heterocycles. The third kappa shape index (κ3) is 3.00. The van der Waals surface area contributed by atoms with E-state index in [1.807, 2.05) is 12.1 Å². The predicted octanol–water partition coefficient (Wildman–Crippen LogP) is 5.73. The molecule has 4 rings (SSSR count). The van der Waals surface area contributed by atoms with Crippen molar-refractivity contribution in [1.29, 1.82) is 0 Å². The Kier molecular flexibility index (Phi) is 4.25.